The molecule has 1 rings (SSSR count). The van der Waals surface area contributed by atoms with Gasteiger partial charge in [0.05, 0.1) is 13.8 Å². The summed E-state index contributed by atoms with van der Waals surface area (Å²) in [5.74, 6) is 6.20. The van der Waals surface area contributed by atoms with Crippen molar-refractivity contribution >= 4 is 0 Å². The first-order valence-electron chi connectivity index (χ1n) is 5.43. The summed E-state index contributed by atoms with van der Waals surface area (Å²) in [7, 11) is 3.74. The smallest absolute Gasteiger partial charge is 0.121 e. The minimum Gasteiger partial charge on any atom is -0.496 e. The van der Waals surface area contributed by atoms with Gasteiger partial charge in [0.15, 0.2) is 0 Å². The van der Waals surface area contributed by atoms with Gasteiger partial charge in [-0.05, 0) is 37.6 Å². The predicted molar refractivity (Wildman–Crippen MR) is 66.3 cm³/mol. The van der Waals surface area contributed by atoms with Crippen LogP contribution in [-0.2, 0) is 6.42 Å². The molecule has 1 aromatic rings. The van der Waals surface area contributed by atoms with Crippen LogP contribution in [0, 0.1) is 6.92 Å². The SMILES string of the molecule is COc1ccc(CCN(C)CNN)cc1C. The van der Waals surface area contributed by atoms with E-state index in [9.17, 15) is 0 Å². The quantitative estimate of drug-likeness (QED) is 0.427. The van der Waals surface area contributed by atoms with Gasteiger partial charge in [-0.15, -0.1) is 0 Å². The maximum absolute atomic E-state index is 5.25. The fraction of sp³-hybridized carbons (Fsp3) is 0.500. The lowest BCUT2D eigenvalue weighted by molar-refractivity contribution is 0.312. The van der Waals surface area contributed by atoms with Crippen molar-refractivity contribution in [1.29, 1.82) is 0 Å². The number of likely N-dealkylation sites (N-methyl/N-ethyl adjacent to an activating group) is 1. The lowest BCUT2D eigenvalue weighted by atomic mass is 10.1. The average Bonchev–Trinajstić information content (AvgIpc) is 2.27. The molecule has 0 fully saturated rings. The molecule has 0 aliphatic heterocycles. The highest BCUT2D eigenvalue weighted by Gasteiger charge is 2.01. The van der Waals surface area contributed by atoms with E-state index in [-0.39, 0.29) is 0 Å². The van der Waals surface area contributed by atoms with Crippen molar-refractivity contribution in [2.75, 3.05) is 27.4 Å². The van der Waals surface area contributed by atoms with Crippen LogP contribution in [0.15, 0.2) is 18.2 Å². The molecule has 0 aliphatic rings. The zero-order chi connectivity index (χ0) is 12.0. The monoisotopic (exact) mass is 223 g/mol. The summed E-state index contributed by atoms with van der Waals surface area (Å²) in [4.78, 5) is 2.14. The van der Waals surface area contributed by atoms with Crippen molar-refractivity contribution in [3.8, 4) is 5.75 Å². The van der Waals surface area contributed by atoms with E-state index in [1.807, 2.05) is 13.1 Å². The van der Waals surface area contributed by atoms with E-state index in [1.165, 1.54) is 11.1 Å². The summed E-state index contributed by atoms with van der Waals surface area (Å²) in [6.07, 6.45) is 1.02. The molecule has 0 heterocycles. The van der Waals surface area contributed by atoms with Gasteiger partial charge in [0, 0.05) is 6.54 Å². The Balaban J connectivity index is 2.51. The van der Waals surface area contributed by atoms with Crippen molar-refractivity contribution < 1.29 is 4.74 Å². The highest BCUT2D eigenvalue weighted by molar-refractivity contribution is 5.36. The zero-order valence-corrected chi connectivity index (χ0v) is 10.3. The predicted octanol–water partition coefficient (Wildman–Crippen LogP) is 0.899. The number of aryl methyl sites for hydroxylation is 1. The molecule has 0 radical (unpaired) electrons. The van der Waals surface area contributed by atoms with Crippen molar-refractivity contribution in [2.45, 2.75) is 13.3 Å². The van der Waals surface area contributed by atoms with Crippen LogP contribution in [0.5, 0.6) is 5.75 Å². The van der Waals surface area contributed by atoms with Gasteiger partial charge in [-0.1, -0.05) is 12.1 Å². The van der Waals surface area contributed by atoms with Crippen molar-refractivity contribution in [2.24, 2.45) is 5.84 Å². The molecule has 4 nitrogen and oxygen atoms in total. The number of hydrogen-bond acceptors (Lipinski definition) is 4. The third-order valence-corrected chi connectivity index (χ3v) is 2.60. The molecular formula is C12H21N3O. The van der Waals surface area contributed by atoms with Crippen LogP contribution in [0.4, 0.5) is 0 Å². The summed E-state index contributed by atoms with van der Waals surface area (Å²) in [6.45, 7) is 3.75. The fourth-order valence-electron chi connectivity index (χ4n) is 1.65. The van der Waals surface area contributed by atoms with Gasteiger partial charge in [-0.25, -0.2) is 5.43 Å². The number of hydrogen-bond donors (Lipinski definition) is 2. The summed E-state index contributed by atoms with van der Waals surface area (Å²) >= 11 is 0. The van der Waals surface area contributed by atoms with Crippen LogP contribution in [0.1, 0.15) is 11.1 Å². The molecule has 0 saturated heterocycles. The fourth-order valence-corrected chi connectivity index (χ4v) is 1.65. The molecule has 3 N–H and O–H groups in total. The maximum Gasteiger partial charge on any atom is 0.121 e. The number of benzene rings is 1. The standard InChI is InChI=1S/C12H21N3O/c1-10-8-11(4-5-12(10)16-3)6-7-15(2)9-14-13/h4-5,8,14H,6-7,9,13H2,1-3H3. The number of methoxy groups -OCH3 is 1. The second-order valence-electron chi connectivity index (χ2n) is 4.00. The molecule has 0 atom stereocenters. The summed E-state index contributed by atoms with van der Waals surface area (Å²) in [6, 6.07) is 6.30. The van der Waals surface area contributed by atoms with Gasteiger partial charge in [0.1, 0.15) is 5.75 Å². The van der Waals surface area contributed by atoms with Gasteiger partial charge in [0.25, 0.3) is 0 Å². The molecule has 0 aliphatic carbocycles. The first-order valence-corrected chi connectivity index (χ1v) is 5.43. The molecule has 0 unspecified atom stereocenters. The molecule has 0 saturated carbocycles. The molecule has 1 aromatic carbocycles. The topological polar surface area (TPSA) is 50.5 Å². The van der Waals surface area contributed by atoms with E-state index in [2.05, 4.69) is 29.4 Å². The average molecular weight is 223 g/mol. The van der Waals surface area contributed by atoms with E-state index < -0.39 is 0 Å². The third-order valence-electron chi connectivity index (χ3n) is 2.60. The zero-order valence-electron chi connectivity index (χ0n) is 10.3. The van der Waals surface area contributed by atoms with Gasteiger partial charge in [-0.2, -0.15) is 0 Å². The number of hydrazine groups is 1. The molecule has 0 aromatic heterocycles. The maximum atomic E-state index is 5.25. The van der Waals surface area contributed by atoms with E-state index >= 15 is 0 Å². The Kier molecular flexibility index (Phi) is 5.25. The van der Waals surface area contributed by atoms with Crippen LogP contribution in [0.25, 0.3) is 0 Å². The van der Waals surface area contributed by atoms with Gasteiger partial charge < -0.3 is 4.74 Å². The number of nitrogens with two attached hydrogens (primary N) is 1. The van der Waals surface area contributed by atoms with Crippen LogP contribution in [-0.4, -0.2) is 32.3 Å². The lowest BCUT2D eigenvalue weighted by Gasteiger charge is -2.15. The summed E-state index contributed by atoms with van der Waals surface area (Å²) in [5, 5.41) is 0. The Hall–Kier alpha value is -1.10. The Labute approximate surface area is 97.4 Å². The normalized spacial score (nSPS) is 10.8. The third kappa shape index (κ3) is 3.81. The Morgan fingerprint density at radius 2 is 2.19 bits per heavy atom. The summed E-state index contributed by atoms with van der Waals surface area (Å²) < 4.78 is 5.23. The van der Waals surface area contributed by atoms with E-state index in [4.69, 9.17) is 10.6 Å². The highest BCUT2D eigenvalue weighted by atomic mass is 16.5. The van der Waals surface area contributed by atoms with Crippen LogP contribution < -0.4 is 16.0 Å². The van der Waals surface area contributed by atoms with Gasteiger partial charge >= 0.3 is 0 Å². The van der Waals surface area contributed by atoms with Crippen LogP contribution in [0.3, 0.4) is 0 Å². The molecule has 0 bridgehead atoms. The molecule has 0 spiro atoms. The Morgan fingerprint density at radius 1 is 1.44 bits per heavy atom. The number of nitrogens with zero attached hydrogens (tertiary/aromatic N) is 1. The lowest BCUT2D eigenvalue weighted by Crippen LogP contribution is -2.36. The number of rotatable bonds is 6. The molecular weight excluding hydrogens is 202 g/mol. The van der Waals surface area contributed by atoms with E-state index in [0.717, 1.165) is 18.7 Å². The van der Waals surface area contributed by atoms with E-state index in [1.54, 1.807) is 7.11 Å². The minimum absolute atomic E-state index is 0.704. The van der Waals surface area contributed by atoms with E-state index in [0.29, 0.717) is 6.67 Å². The Morgan fingerprint density at radius 3 is 2.75 bits per heavy atom. The first-order chi connectivity index (χ1) is 7.67. The van der Waals surface area contributed by atoms with Crippen LogP contribution >= 0.6 is 0 Å². The second kappa shape index (κ2) is 6.48. The number of nitrogens with one attached hydrogen (secondary N) is 1. The highest BCUT2D eigenvalue weighted by Crippen LogP contribution is 2.18. The number of ether oxygens (including phenoxy) is 1. The van der Waals surface area contributed by atoms with Crippen molar-refractivity contribution in [3.63, 3.8) is 0 Å². The molecule has 16 heavy (non-hydrogen) atoms. The van der Waals surface area contributed by atoms with Crippen molar-refractivity contribution in [3.05, 3.63) is 29.3 Å². The first kappa shape index (κ1) is 13.0. The second-order valence-corrected chi connectivity index (χ2v) is 4.00. The van der Waals surface area contributed by atoms with Crippen LogP contribution in [0.2, 0.25) is 0 Å². The minimum atomic E-state index is 0.704. The molecule has 0 amide bonds. The van der Waals surface area contributed by atoms with Crippen molar-refractivity contribution in [1.82, 2.24) is 10.3 Å². The summed E-state index contributed by atoms with van der Waals surface area (Å²) in [5.41, 5.74) is 5.14. The molecule has 90 valence electrons. The molecule has 4 heteroatoms. The van der Waals surface area contributed by atoms with Gasteiger partial charge in [0.2, 0.25) is 0 Å². The Bertz CT molecular complexity index is 328. The largest absolute Gasteiger partial charge is 0.496 e. The van der Waals surface area contributed by atoms with Gasteiger partial charge in [-0.3, -0.25) is 10.7 Å².